The average Bonchev–Trinajstić information content (AvgIpc) is 3.17. The first kappa shape index (κ1) is 17.7. The summed E-state index contributed by atoms with van der Waals surface area (Å²) in [4.78, 5) is 4.14. The second-order valence-corrected chi connectivity index (χ2v) is 7.40. The maximum absolute atomic E-state index is 6.23. The van der Waals surface area contributed by atoms with Gasteiger partial charge in [0.1, 0.15) is 5.69 Å². The van der Waals surface area contributed by atoms with Crippen molar-refractivity contribution in [3.63, 3.8) is 0 Å². The van der Waals surface area contributed by atoms with Gasteiger partial charge in [-0.15, -0.1) is 0 Å². The molecule has 2 aromatic carbocycles. The molecule has 4 aromatic rings. The Bertz CT molecular complexity index is 1050. The average molecular weight is 423 g/mol. The van der Waals surface area contributed by atoms with Crippen molar-refractivity contribution >= 4 is 32.6 Å². The minimum atomic E-state index is -0.0205. The van der Waals surface area contributed by atoms with Crippen LogP contribution in [0.2, 0.25) is 0 Å². The lowest BCUT2D eigenvalue weighted by Crippen LogP contribution is -2.31. The number of hydrogen-bond acceptors (Lipinski definition) is 5. The molecule has 136 valence electrons. The molecule has 0 aliphatic carbocycles. The van der Waals surface area contributed by atoms with Crippen molar-refractivity contribution in [2.24, 2.45) is 5.73 Å². The van der Waals surface area contributed by atoms with Gasteiger partial charge in [-0.2, -0.15) is 0 Å². The SMILES string of the molecule is N[C@@H](CNc1cc(-c2ccc3cnccc3c2)no1)Cc1ccc(Br)cc1. The molecule has 0 fully saturated rings. The number of benzene rings is 2. The number of hydrogen-bond donors (Lipinski definition) is 2. The molecule has 0 saturated heterocycles. The fourth-order valence-electron chi connectivity index (χ4n) is 2.96. The first-order valence-corrected chi connectivity index (χ1v) is 9.51. The molecule has 0 amide bonds. The highest BCUT2D eigenvalue weighted by molar-refractivity contribution is 9.10. The molecule has 0 aliphatic heterocycles. The normalized spacial score (nSPS) is 12.2. The number of anilines is 1. The van der Waals surface area contributed by atoms with E-state index in [1.54, 1.807) is 6.20 Å². The Hall–Kier alpha value is -2.70. The second-order valence-electron chi connectivity index (χ2n) is 6.49. The molecule has 2 aromatic heterocycles. The molecule has 0 saturated carbocycles. The zero-order chi connectivity index (χ0) is 18.6. The number of halogens is 1. The Morgan fingerprint density at radius 1 is 1.04 bits per heavy atom. The van der Waals surface area contributed by atoms with Crippen molar-refractivity contribution in [3.8, 4) is 11.3 Å². The van der Waals surface area contributed by atoms with Gasteiger partial charge in [0, 0.05) is 46.5 Å². The van der Waals surface area contributed by atoms with Crippen molar-refractivity contribution in [2.75, 3.05) is 11.9 Å². The van der Waals surface area contributed by atoms with E-state index in [1.807, 2.05) is 42.6 Å². The number of nitrogens with one attached hydrogen (secondary N) is 1. The van der Waals surface area contributed by atoms with Crippen LogP contribution in [0, 0.1) is 0 Å². The lowest BCUT2D eigenvalue weighted by Gasteiger charge is -2.12. The third-order valence-electron chi connectivity index (χ3n) is 4.40. The fourth-order valence-corrected chi connectivity index (χ4v) is 3.23. The zero-order valence-corrected chi connectivity index (χ0v) is 16.2. The van der Waals surface area contributed by atoms with Gasteiger partial charge in [0.2, 0.25) is 5.88 Å². The van der Waals surface area contributed by atoms with Crippen LogP contribution in [0.25, 0.3) is 22.0 Å². The largest absolute Gasteiger partial charge is 0.352 e. The van der Waals surface area contributed by atoms with E-state index in [1.165, 1.54) is 5.56 Å². The number of pyridine rings is 1. The summed E-state index contributed by atoms with van der Waals surface area (Å²) in [6.07, 6.45) is 4.43. The Balaban J connectivity index is 1.39. The molecule has 27 heavy (non-hydrogen) atoms. The Labute approximate surface area is 165 Å². The van der Waals surface area contributed by atoms with E-state index < -0.39 is 0 Å². The number of nitrogens with zero attached hydrogens (tertiary/aromatic N) is 2. The van der Waals surface area contributed by atoms with Crippen LogP contribution < -0.4 is 11.1 Å². The molecular formula is C21H19BrN4O. The highest BCUT2D eigenvalue weighted by atomic mass is 79.9. The number of aromatic nitrogens is 2. The van der Waals surface area contributed by atoms with Crippen LogP contribution in [-0.2, 0) is 6.42 Å². The van der Waals surface area contributed by atoms with Gasteiger partial charge in [0.05, 0.1) is 0 Å². The van der Waals surface area contributed by atoms with Gasteiger partial charge in [-0.05, 0) is 41.6 Å². The molecule has 6 heteroatoms. The van der Waals surface area contributed by atoms with Gasteiger partial charge in [-0.25, -0.2) is 0 Å². The lowest BCUT2D eigenvalue weighted by molar-refractivity contribution is 0.433. The highest BCUT2D eigenvalue weighted by Gasteiger charge is 2.09. The van der Waals surface area contributed by atoms with Crippen molar-refractivity contribution in [2.45, 2.75) is 12.5 Å². The minimum Gasteiger partial charge on any atom is -0.352 e. The summed E-state index contributed by atoms with van der Waals surface area (Å²) in [5.74, 6) is 0.617. The van der Waals surface area contributed by atoms with Crippen LogP contribution in [0.15, 0.2) is 76.0 Å². The Morgan fingerprint density at radius 3 is 2.74 bits per heavy atom. The quantitative estimate of drug-likeness (QED) is 0.473. The number of rotatable bonds is 6. The third kappa shape index (κ3) is 4.35. The number of nitrogens with two attached hydrogens (primary N) is 1. The van der Waals surface area contributed by atoms with Crippen molar-refractivity contribution in [3.05, 3.63) is 77.0 Å². The maximum Gasteiger partial charge on any atom is 0.225 e. The van der Waals surface area contributed by atoms with E-state index in [0.717, 1.165) is 32.9 Å². The molecular weight excluding hydrogens is 404 g/mol. The molecule has 5 nitrogen and oxygen atoms in total. The second kappa shape index (κ2) is 7.90. The van der Waals surface area contributed by atoms with Crippen molar-refractivity contribution < 1.29 is 4.52 Å². The van der Waals surface area contributed by atoms with Crippen LogP contribution in [0.3, 0.4) is 0 Å². The third-order valence-corrected chi connectivity index (χ3v) is 4.92. The predicted molar refractivity (Wildman–Crippen MR) is 112 cm³/mol. The molecule has 0 unspecified atom stereocenters. The van der Waals surface area contributed by atoms with Crippen LogP contribution in [0.1, 0.15) is 5.56 Å². The van der Waals surface area contributed by atoms with E-state index in [0.29, 0.717) is 12.4 Å². The summed E-state index contributed by atoms with van der Waals surface area (Å²) in [6, 6.07) is 18.2. The maximum atomic E-state index is 6.23. The lowest BCUT2D eigenvalue weighted by atomic mass is 10.1. The highest BCUT2D eigenvalue weighted by Crippen LogP contribution is 2.25. The first-order chi connectivity index (χ1) is 13.2. The molecule has 1 atom stereocenters. The summed E-state index contributed by atoms with van der Waals surface area (Å²) in [5, 5.41) is 9.62. The number of fused-ring (bicyclic) bond motifs is 1. The molecule has 0 spiro atoms. The molecule has 3 N–H and O–H groups in total. The summed E-state index contributed by atoms with van der Waals surface area (Å²) in [7, 11) is 0. The van der Waals surface area contributed by atoms with Gasteiger partial charge >= 0.3 is 0 Å². The molecule has 0 aliphatic rings. The standard InChI is InChI=1S/C21H19BrN4O/c22-18-5-1-14(2-6-18)9-19(23)13-25-21-11-20(26-27-21)16-3-4-17-12-24-8-7-15(17)10-16/h1-8,10-12,19,25H,9,13,23H2/t19-/m1/s1. The first-order valence-electron chi connectivity index (χ1n) is 8.72. The van der Waals surface area contributed by atoms with E-state index >= 15 is 0 Å². The smallest absolute Gasteiger partial charge is 0.225 e. The van der Waals surface area contributed by atoms with E-state index in [2.05, 4.69) is 49.6 Å². The topological polar surface area (TPSA) is 77.0 Å². The fraction of sp³-hybridized carbons (Fsp3) is 0.143. The van der Waals surface area contributed by atoms with Gasteiger partial charge in [-0.1, -0.05) is 45.4 Å². The Kier molecular flexibility index (Phi) is 5.18. The minimum absolute atomic E-state index is 0.0205. The predicted octanol–water partition coefficient (Wildman–Crippen LogP) is 4.63. The van der Waals surface area contributed by atoms with Crippen molar-refractivity contribution in [1.29, 1.82) is 0 Å². The summed E-state index contributed by atoms with van der Waals surface area (Å²) in [5.41, 5.74) is 9.23. The zero-order valence-electron chi connectivity index (χ0n) is 14.6. The summed E-state index contributed by atoms with van der Waals surface area (Å²) >= 11 is 3.44. The van der Waals surface area contributed by atoms with Crippen LogP contribution in [-0.4, -0.2) is 22.7 Å². The van der Waals surface area contributed by atoms with Crippen LogP contribution in [0.5, 0.6) is 0 Å². The van der Waals surface area contributed by atoms with Crippen LogP contribution in [0.4, 0.5) is 5.88 Å². The van der Waals surface area contributed by atoms with E-state index in [-0.39, 0.29) is 6.04 Å². The summed E-state index contributed by atoms with van der Waals surface area (Å²) in [6.45, 7) is 0.605. The molecule has 2 heterocycles. The van der Waals surface area contributed by atoms with Gasteiger partial charge < -0.3 is 15.6 Å². The van der Waals surface area contributed by atoms with Crippen LogP contribution >= 0.6 is 15.9 Å². The van der Waals surface area contributed by atoms with Gasteiger partial charge in [-0.3, -0.25) is 4.98 Å². The Morgan fingerprint density at radius 2 is 1.89 bits per heavy atom. The molecule has 0 bridgehead atoms. The van der Waals surface area contributed by atoms with E-state index in [4.69, 9.17) is 10.3 Å². The molecule has 0 radical (unpaired) electrons. The summed E-state index contributed by atoms with van der Waals surface area (Å²) < 4.78 is 6.48. The van der Waals surface area contributed by atoms with E-state index in [9.17, 15) is 0 Å². The van der Waals surface area contributed by atoms with Gasteiger partial charge in [0.25, 0.3) is 0 Å². The molecule has 4 rings (SSSR count). The van der Waals surface area contributed by atoms with Crippen molar-refractivity contribution in [1.82, 2.24) is 10.1 Å². The monoisotopic (exact) mass is 422 g/mol. The van der Waals surface area contributed by atoms with Gasteiger partial charge in [0.15, 0.2) is 0 Å².